The number of aliphatic hydroxyl groups is 4. The fourth-order valence-corrected chi connectivity index (χ4v) is 5.14. The average Bonchev–Trinajstić information content (AvgIpc) is 2.96. The van der Waals surface area contributed by atoms with Crippen LogP contribution in [0.4, 0.5) is 0 Å². The summed E-state index contributed by atoms with van der Waals surface area (Å²) in [6.45, 7) is 4.18. The van der Waals surface area contributed by atoms with Gasteiger partial charge in [0.05, 0.1) is 6.61 Å². The lowest BCUT2D eigenvalue weighted by Crippen LogP contribution is -2.60. The number of pyridine rings is 1. The molecule has 214 valence electrons. The van der Waals surface area contributed by atoms with E-state index in [-0.39, 0.29) is 18.0 Å². The Labute approximate surface area is 231 Å². The fraction of sp³-hybridized carbons (Fsp3) is 0.448. The van der Waals surface area contributed by atoms with Crippen molar-refractivity contribution >= 4 is 16.7 Å². The summed E-state index contributed by atoms with van der Waals surface area (Å²) in [4.78, 5) is 30.1. The standard InChI is InChI=1S/C29H35N3O8/c1-17-13-19(5-6-22(17)39-29-27(37)26(36)25(35)23(16-33)40-29)20-4-3-18-7-8-32(28(38)21(18)14-20)15-24(34)31-11-9-30(2)10-12-31/h3-8,13-14,23,25-27,29,33,35-37H,9-12,15-16H2,1-2H3. The maximum Gasteiger partial charge on any atom is 0.258 e. The Kier molecular flexibility index (Phi) is 8.22. The SMILES string of the molecule is Cc1cc(-c2ccc3ccn(CC(=O)N4CCN(C)CC4)c(=O)c3c2)ccc1OC1OC(CO)C(O)C(O)C1O. The molecule has 5 unspecified atom stereocenters. The maximum absolute atomic E-state index is 13.3. The third-order valence-corrected chi connectivity index (χ3v) is 7.74. The van der Waals surface area contributed by atoms with E-state index in [2.05, 4.69) is 4.90 Å². The number of hydrogen-bond acceptors (Lipinski definition) is 9. The van der Waals surface area contributed by atoms with Crippen LogP contribution in [-0.2, 0) is 16.1 Å². The van der Waals surface area contributed by atoms with Gasteiger partial charge in [-0.1, -0.05) is 18.2 Å². The van der Waals surface area contributed by atoms with E-state index in [1.54, 1.807) is 36.2 Å². The molecule has 2 fully saturated rings. The zero-order chi connectivity index (χ0) is 28.6. The number of amides is 1. The smallest absolute Gasteiger partial charge is 0.258 e. The van der Waals surface area contributed by atoms with Crippen molar-refractivity contribution in [2.45, 2.75) is 44.2 Å². The molecule has 4 N–H and O–H groups in total. The fourth-order valence-electron chi connectivity index (χ4n) is 5.14. The van der Waals surface area contributed by atoms with Crippen molar-refractivity contribution in [3.8, 4) is 16.9 Å². The van der Waals surface area contributed by atoms with Gasteiger partial charge in [0.2, 0.25) is 12.2 Å². The van der Waals surface area contributed by atoms with Gasteiger partial charge in [-0.05, 0) is 60.3 Å². The molecular formula is C29H35N3O8. The molecule has 0 bridgehead atoms. The lowest BCUT2D eigenvalue weighted by Gasteiger charge is -2.39. The minimum absolute atomic E-state index is 0.00812. The maximum atomic E-state index is 13.3. The predicted molar refractivity (Wildman–Crippen MR) is 147 cm³/mol. The van der Waals surface area contributed by atoms with Gasteiger partial charge in [0.1, 0.15) is 36.7 Å². The Bertz CT molecular complexity index is 1430. The molecule has 0 aliphatic carbocycles. The second-order valence-electron chi connectivity index (χ2n) is 10.5. The summed E-state index contributed by atoms with van der Waals surface area (Å²) in [5.41, 5.74) is 2.10. The van der Waals surface area contributed by atoms with Gasteiger partial charge in [0, 0.05) is 37.8 Å². The van der Waals surface area contributed by atoms with Crippen molar-refractivity contribution < 1.29 is 34.7 Å². The second-order valence-corrected chi connectivity index (χ2v) is 10.5. The van der Waals surface area contributed by atoms with Gasteiger partial charge >= 0.3 is 0 Å². The van der Waals surface area contributed by atoms with E-state index in [1.165, 1.54) is 4.57 Å². The number of fused-ring (bicyclic) bond motifs is 1. The first-order chi connectivity index (χ1) is 19.2. The lowest BCUT2D eigenvalue weighted by atomic mass is 9.99. The van der Waals surface area contributed by atoms with Gasteiger partial charge in [-0.15, -0.1) is 0 Å². The zero-order valence-corrected chi connectivity index (χ0v) is 22.5. The normalized spacial score (nSPS) is 25.8. The van der Waals surface area contributed by atoms with Crippen LogP contribution in [0, 0.1) is 6.92 Å². The van der Waals surface area contributed by atoms with Gasteiger partial charge in [0.15, 0.2) is 0 Å². The molecule has 1 amide bonds. The Morgan fingerprint density at radius 3 is 2.38 bits per heavy atom. The van der Waals surface area contributed by atoms with Crippen LogP contribution in [0.3, 0.4) is 0 Å². The average molecular weight is 554 g/mol. The van der Waals surface area contributed by atoms with Crippen LogP contribution in [0.2, 0.25) is 0 Å². The van der Waals surface area contributed by atoms with Crippen LogP contribution in [0.15, 0.2) is 53.5 Å². The van der Waals surface area contributed by atoms with Gasteiger partial charge in [-0.25, -0.2) is 0 Å². The van der Waals surface area contributed by atoms with E-state index in [4.69, 9.17) is 9.47 Å². The number of likely N-dealkylation sites (N-methyl/N-ethyl adjacent to an activating group) is 1. The summed E-state index contributed by atoms with van der Waals surface area (Å²) in [6, 6.07) is 12.8. The van der Waals surface area contributed by atoms with E-state index >= 15 is 0 Å². The van der Waals surface area contributed by atoms with Crippen molar-refractivity contribution in [3.05, 3.63) is 64.6 Å². The summed E-state index contributed by atoms with van der Waals surface area (Å²) >= 11 is 0. The van der Waals surface area contributed by atoms with Crippen LogP contribution in [0.25, 0.3) is 21.9 Å². The number of benzene rings is 2. The van der Waals surface area contributed by atoms with Crippen LogP contribution >= 0.6 is 0 Å². The molecule has 0 spiro atoms. The number of piperazine rings is 1. The van der Waals surface area contributed by atoms with Crippen LogP contribution in [0.5, 0.6) is 5.75 Å². The molecule has 1 aromatic heterocycles. The molecule has 11 nitrogen and oxygen atoms in total. The number of aromatic nitrogens is 1. The number of carbonyl (C=O) groups is 1. The second kappa shape index (κ2) is 11.7. The Balaban J connectivity index is 1.35. The van der Waals surface area contributed by atoms with E-state index in [0.29, 0.717) is 29.8 Å². The van der Waals surface area contributed by atoms with Crippen molar-refractivity contribution in [1.29, 1.82) is 0 Å². The van der Waals surface area contributed by atoms with Crippen molar-refractivity contribution in [2.24, 2.45) is 0 Å². The predicted octanol–water partition coefficient (Wildman–Crippen LogP) is -0.0704. The quantitative estimate of drug-likeness (QED) is 0.330. The van der Waals surface area contributed by atoms with Crippen molar-refractivity contribution in [3.63, 3.8) is 0 Å². The Hall–Kier alpha value is -3.32. The molecule has 5 rings (SSSR count). The molecule has 3 aromatic rings. The monoisotopic (exact) mass is 553 g/mol. The molecule has 11 heteroatoms. The Morgan fingerprint density at radius 1 is 0.975 bits per heavy atom. The number of nitrogens with zero attached hydrogens (tertiary/aromatic N) is 3. The van der Waals surface area contributed by atoms with Crippen LogP contribution in [-0.4, -0.2) is 111 Å². The molecule has 2 aliphatic heterocycles. The molecule has 0 saturated carbocycles. The molecule has 0 radical (unpaired) electrons. The minimum atomic E-state index is -1.53. The summed E-state index contributed by atoms with van der Waals surface area (Å²) in [5.74, 6) is 0.315. The molecule has 5 atom stereocenters. The number of carbonyl (C=O) groups excluding carboxylic acids is 1. The number of ether oxygens (including phenoxy) is 2. The molecular weight excluding hydrogens is 518 g/mol. The highest BCUT2D eigenvalue weighted by atomic mass is 16.7. The lowest BCUT2D eigenvalue weighted by molar-refractivity contribution is -0.277. The van der Waals surface area contributed by atoms with E-state index < -0.39 is 37.3 Å². The first-order valence-corrected chi connectivity index (χ1v) is 13.3. The van der Waals surface area contributed by atoms with Gasteiger partial charge in [-0.3, -0.25) is 9.59 Å². The minimum Gasteiger partial charge on any atom is -0.462 e. The summed E-state index contributed by atoms with van der Waals surface area (Å²) < 4.78 is 12.7. The number of aliphatic hydroxyl groups excluding tert-OH is 4. The molecule has 2 aromatic carbocycles. The summed E-state index contributed by atoms with van der Waals surface area (Å²) in [5, 5.41) is 41.0. The van der Waals surface area contributed by atoms with Gasteiger partial charge < -0.3 is 44.3 Å². The summed E-state index contributed by atoms with van der Waals surface area (Å²) in [6.07, 6.45) is -5.20. The number of hydrogen-bond donors (Lipinski definition) is 4. The highest BCUT2D eigenvalue weighted by Crippen LogP contribution is 2.30. The van der Waals surface area contributed by atoms with Crippen molar-refractivity contribution in [2.75, 3.05) is 39.8 Å². The van der Waals surface area contributed by atoms with Crippen molar-refractivity contribution in [1.82, 2.24) is 14.4 Å². The van der Waals surface area contributed by atoms with Gasteiger partial charge in [0.25, 0.3) is 5.56 Å². The number of rotatable bonds is 6. The first kappa shape index (κ1) is 28.2. The highest BCUT2D eigenvalue weighted by Gasteiger charge is 2.44. The van der Waals surface area contributed by atoms with Crippen LogP contribution < -0.4 is 10.3 Å². The third-order valence-electron chi connectivity index (χ3n) is 7.74. The van der Waals surface area contributed by atoms with Gasteiger partial charge in [-0.2, -0.15) is 0 Å². The van der Waals surface area contributed by atoms with E-state index in [1.807, 2.05) is 31.3 Å². The van der Waals surface area contributed by atoms with Crippen LogP contribution in [0.1, 0.15) is 5.56 Å². The Morgan fingerprint density at radius 2 is 1.68 bits per heavy atom. The third kappa shape index (κ3) is 5.62. The molecule has 40 heavy (non-hydrogen) atoms. The van der Waals surface area contributed by atoms with E-state index in [9.17, 15) is 30.0 Å². The zero-order valence-electron chi connectivity index (χ0n) is 22.5. The highest BCUT2D eigenvalue weighted by molar-refractivity contribution is 5.87. The molecule has 2 saturated heterocycles. The summed E-state index contributed by atoms with van der Waals surface area (Å²) in [7, 11) is 2.02. The topological polar surface area (TPSA) is 145 Å². The van der Waals surface area contributed by atoms with E-state index in [0.717, 1.165) is 29.6 Å². The number of aryl methyl sites for hydroxylation is 1. The first-order valence-electron chi connectivity index (χ1n) is 13.3. The molecule has 2 aliphatic rings. The largest absolute Gasteiger partial charge is 0.462 e. The molecule has 3 heterocycles.